The molecule has 0 saturated carbocycles. The number of nitrogens with zero attached hydrogens (tertiary/aromatic N) is 2. The molecule has 2 aliphatic heterocycles. The number of nitrogens with one attached hydrogen (secondary N) is 1. The Kier molecular flexibility index (Phi) is 6.57. The highest BCUT2D eigenvalue weighted by Crippen LogP contribution is 2.31. The van der Waals surface area contributed by atoms with E-state index in [-0.39, 0.29) is 12.5 Å². The zero-order valence-electron chi connectivity index (χ0n) is 17.6. The SMILES string of the molecule is O=C1CCc2cc(OCC(O)CN3CCN(c4ccc(C(F)(F)F)cc4)CC3)ccc2N1. The maximum Gasteiger partial charge on any atom is 0.416 e. The van der Waals surface area contributed by atoms with Gasteiger partial charge in [0.05, 0.1) is 5.56 Å². The minimum absolute atomic E-state index is 0.0139. The molecule has 9 heteroatoms. The Morgan fingerprint density at radius 1 is 1.03 bits per heavy atom. The van der Waals surface area contributed by atoms with Crippen LogP contribution in [0.25, 0.3) is 0 Å². The van der Waals surface area contributed by atoms with E-state index in [1.807, 2.05) is 17.0 Å². The lowest BCUT2D eigenvalue weighted by Gasteiger charge is -2.37. The van der Waals surface area contributed by atoms with E-state index >= 15 is 0 Å². The molecule has 2 aromatic rings. The van der Waals surface area contributed by atoms with Gasteiger partial charge in [-0.2, -0.15) is 13.2 Å². The van der Waals surface area contributed by atoms with Gasteiger partial charge in [0.25, 0.3) is 0 Å². The molecule has 1 fully saturated rings. The van der Waals surface area contributed by atoms with E-state index in [1.165, 1.54) is 12.1 Å². The maximum absolute atomic E-state index is 12.7. The van der Waals surface area contributed by atoms with Crippen LogP contribution in [0.5, 0.6) is 5.75 Å². The third kappa shape index (κ3) is 5.52. The van der Waals surface area contributed by atoms with E-state index in [9.17, 15) is 23.1 Å². The Morgan fingerprint density at radius 3 is 2.44 bits per heavy atom. The molecular formula is C23H26F3N3O3. The number of halogens is 3. The standard InChI is InChI=1S/C23H26F3N3O3/c24-23(25,26)17-2-4-18(5-3-17)29-11-9-28(10-12-29)14-19(30)15-32-20-6-7-21-16(13-20)1-8-22(31)27-21/h2-7,13,19,30H,1,8-12,14-15H2,(H,27,31). The highest BCUT2D eigenvalue weighted by molar-refractivity contribution is 5.94. The van der Waals surface area contributed by atoms with E-state index in [1.54, 1.807) is 6.07 Å². The first-order valence-corrected chi connectivity index (χ1v) is 10.7. The van der Waals surface area contributed by atoms with E-state index < -0.39 is 17.8 Å². The third-order valence-corrected chi connectivity index (χ3v) is 5.82. The maximum atomic E-state index is 12.7. The predicted octanol–water partition coefficient (Wildman–Crippen LogP) is 3.15. The summed E-state index contributed by atoms with van der Waals surface area (Å²) in [7, 11) is 0. The number of carbonyl (C=O) groups excluding carboxylic acids is 1. The summed E-state index contributed by atoms with van der Waals surface area (Å²) < 4.78 is 43.9. The van der Waals surface area contributed by atoms with Crippen molar-refractivity contribution in [2.45, 2.75) is 25.1 Å². The number of alkyl halides is 3. The zero-order valence-corrected chi connectivity index (χ0v) is 17.6. The third-order valence-electron chi connectivity index (χ3n) is 5.82. The summed E-state index contributed by atoms with van der Waals surface area (Å²) >= 11 is 0. The van der Waals surface area contributed by atoms with E-state index in [0.29, 0.717) is 51.3 Å². The van der Waals surface area contributed by atoms with Gasteiger partial charge in [-0.05, 0) is 54.4 Å². The minimum Gasteiger partial charge on any atom is -0.491 e. The molecule has 6 nitrogen and oxygen atoms in total. The monoisotopic (exact) mass is 449 g/mol. The number of rotatable bonds is 6. The van der Waals surface area contributed by atoms with Crippen molar-refractivity contribution in [3.05, 3.63) is 53.6 Å². The molecule has 0 aliphatic carbocycles. The highest BCUT2D eigenvalue weighted by atomic mass is 19.4. The number of aliphatic hydroxyl groups excluding tert-OH is 1. The Balaban J connectivity index is 1.22. The van der Waals surface area contributed by atoms with Crippen LogP contribution in [0, 0.1) is 0 Å². The smallest absolute Gasteiger partial charge is 0.416 e. The number of carbonyl (C=O) groups is 1. The Bertz CT molecular complexity index is 942. The molecule has 1 unspecified atom stereocenters. The van der Waals surface area contributed by atoms with Crippen LogP contribution < -0.4 is 15.0 Å². The van der Waals surface area contributed by atoms with Gasteiger partial charge in [0.2, 0.25) is 5.91 Å². The topological polar surface area (TPSA) is 65.0 Å². The average Bonchev–Trinajstić information content (AvgIpc) is 2.78. The first-order chi connectivity index (χ1) is 15.3. The summed E-state index contributed by atoms with van der Waals surface area (Å²) in [5.41, 5.74) is 1.95. The van der Waals surface area contributed by atoms with Crippen LogP contribution in [-0.2, 0) is 17.4 Å². The van der Waals surface area contributed by atoms with Crippen molar-refractivity contribution in [1.82, 2.24) is 4.90 Å². The first kappa shape index (κ1) is 22.4. The zero-order chi connectivity index (χ0) is 22.7. The van der Waals surface area contributed by atoms with Gasteiger partial charge < -0.3 is 20.1 Å². The number of amides is 1. The van der Waals surface area contributed by atoms with Crippen LogP contribution in [0.3, 0.4) is 0 Å². The number of benzene rings is 2. The Labute approximate surface area is 184 Å². The van der Waals surface area contributed by atoms with Crippen molar-refractivity contribution in [1.29, 1.82) is 0 Å². The fourth-order valence-corrected chi connectivity index (χ4v) is 4.04. The van der Waals surface area contributed by atoms with E-state index in [2.05, 4.69) is 10.2 Å². The molecule has 1 amide bonds. The summed E-state index contributed by atoms with van der Waals surface area (Å²) in [5, 5.41) is 13.2. The normalized spacial score (nSPS) is 18.1. The molecule has 0 spiro atoms. The van der Waals surface area contributed by atoms with Gasteiger partial charge >= 0.3 is 6.18 Å². The van der Waals surface area contributed by atoms with Crippen LogP contribution in [0.4, 0.5) is 24.5 Å². The van der Waals surface area contributed by atoms with Gasteiger partial charge in [-0.25, -0.2) is 0 Å². The lowest BCUT2D eigenvalue weighted by Crippen LogP contribution is -2.49. The summed E-state index contributed by atoms with van der Waals surface area (Å²) in [6.45, 7) is 3.38. The first-order valence-electron chi connectivity index (χ1n) is 10.7. The van der Waals surface area contributed by atoms with Crippen LogP contribution in [0.2, 0.25) is 0 Å². The number of fused-ring (bicyclic) bond motifs is 1. The lowest BCUT2D eigenvalue weighted by atomic mass is 10.0. The van der Waals surface area contributed by atoms with Gasteiger partial charge in [0.15, 0.2) is 0 Å². The fraction of sp³-hybridized carbons (Fsp3) is 0.435. The molecule has 2 N–H and O–H groups in total. The number of anilines is 2. The van der Waals surface area contributed by atoms with Crippen molar-refractivity contribution in [3.63, 3.8) is 0 Å². The highest BCUT2D eigenvalue weighted by Gasteiger charge is 2.30. The molecule has 0 radical (unpaired) electrons. The summed E-state index contributed by atoms with van der Waals surface area (Å²) in [5.74, 6) is 0.672. The molecule has 32 heavy (non-hydrogen) atoms. The van der Waals surface area contributed by atoms with Crippen molar-refractivity contribution in [2.75, 3.05) is 49.5 Å². The molecule has 4 rings (SSSR count). The second kappa shape index (κ2) is 9.38. The van der Waals surface area contributed by atoms with Gasteiger partial charge in [-0.3, -0.25) is 9.69 Å². The molecule has 1 atom stereocenters. The lowest BCUT2D eigenvalue weighted by molar-refractivity contribution is -0.137. The number of hydrogen-bond acceptors (Lipinski definition) is 5. The molecule has 0 aromatic heterocycles. The summed E-state index contributed by atoms with van der Waals surface area (Å²) in [4.78, 5) is 15.6. The second-order valence-electron chi connectivity index (χ2n) is 8.16. The van der Waals surface area contributed by atoms with Gasteiger partial charge in [0.1, 0.15) is 18.5 Å². The molecule has 2 heterocycles. The largest absolute Gasteiger partial charge is 0.491 e. The molecule has 1 saturated heterocycles. The number of hydrogen-bond donors (Lipinski definition) is 2. The number of aliphatic hydroxyl groups is 1. The number of ether oxygens (including phenoxy) is 1. The van der Waals surface area contributed by atoms with Crippen molar-refractivity contribution in [3.8, 4) is 5.75 Å². The van der Waals surface area contributed by atoms with Gasteiger partial charge in [-0.15, -0.1) is 0 Å². The predicted molar refractivity (Wildman–Crippen MR) is 115 cm³/mol. The van der Waals surface area contributed by atoms with Crippen molar-refractivity contribution in [2.24, 2.45) is 0 Å². The van der Waals surface area contributed by atoms with Crippen molar-refractivity contribution >= 4 is 17.3 Å². The molecular weight excluding hydrogens is 423 g/mol. The van der Waals surface area contributed by atoms with Gasteiger partial charge in [-0.1, -0.05) is 0 Å². The quantitative estimate of drug-likeness (QED) is 0.710. The minimum atomic E-state index is -4.33. The second-order valence-corrected chi connectivity index (χ2v) is 8.16. The van der Waals surface area contributed by atoms with Crippen LogP contribution >= 0.6 is 0 Å². The van der Waals surface area contributed by atoms with E-state index in [0.717, 1.165) is 29.1 Å². The van der Waals surface area contributed by atoms with E-state index in [4.69, 9.17) is 4.74 Å². The van der Waals surface area contributed by atoms with Gasteiger partial charge in [0, 0.05) is 50.5 Å². The van der Waals surface area contributed by atoms with Crippen LogP contribution in [-0.4, -0.2) is 61.3 Å². The molecule has 2 aliphatic rings. The Hall–Kier alpha value is -2.78. The number of aryl methyl sites for hydroxylation is 1. The number of piperazine rings is 1. The summed E-state index contributed by atoms with van der Waals surface area (Å²) in [6.07, 6.45) is -3.87. The molecule has 2 aromatic carbocycles. The summed E-state index contributed by atoms with van der Waals surface area (Å²) in [6, 6.07) is 10.7. The van der Waals surface area contributed by atoms with Crippen LogP contribution in [0.15, 0.2) is 42.5 Å². The fourth-order valence-electron chi connectivity index (χ4n) is 4.04. The number of β-amino-alcohol motifs (C(OH)–C–C–N with tert-alkyl or cyclic N) is 1. The molecule has 0 bridgehead atoms. The molecule has 172 valence electrons. The van der Waals surface area contributed by atoms with Crippen molar-refractivity contribution < 1.29 is 27.8 Å². The Morgan fingerprint density at radius 2 is 1.75 bits per heavy atom. The average molecular weight is 449 g/mol. The van der Waals surface area contributed by atoms with Crippen LogP contribution in [0.1, 0.15) is 17.5 Å².